The lowest BCUT2D eigenvalue weighted by Gasteiger charge is -2.16. The third kappa shape index (κ3) is 2.94. The van der Waals surface area contributed by atoms with Crippen LogP contribution in [0.3, 0.4) is 0 Å². The third-order valence-corrected chi connectivity index (χ3v) is 3.27. The summed E-state index contributed by atoms with van der Waals surface area (Å²) < 4.78 is 0. The number of nitrogens with zero attached hydrogens (tertiary/aromatic N) is 2. The zero-order chi connectivity index (χ0) is 11.4. The summed E-state index contributed by atoms with van der Waals surface area (Å²) in [6.07, 6.45) is 5.14. The molecule has 0 fully saturated rings. The predicted octanol–water partition coefficient (Wildman–Crippen LogP) is 3.84. The normalized spacial score (nSPS) is 13.2. The Bertz CT molecular complexity index is 323. The van der Waals surface area contributed by atoms with Gasteiger partial charge in [-0.1, -0.05) is 39.5 Å². The van der Waals surface area contributed by atoms with Gasteiger partial charge in [0.15, 0.2) is 5.16 Å². The average Bonchev–Trinajstić information content (AvgIpc) is 2.26. The molecule has 0 aromatic carbocycles. The highest BCUT2D eigenvalue weighted by atomic mass is 32.2. The van der Waals surface area contributed by atoms with Gasteiger partial charge in [0.1, 0.15) is 0 Å². The van der Waals surface area contributed by atoms with E-state index in [0.717, 1.165) is 11.6 Å². The van der Waals surface area contributed by atoms with Crippen molar-refractivity contribution in [2.75, 3.05) is 6.26 Å². The summed E-state index contributed by atoms with van der Waals surface area (Å²) in [5, 5.41) is 0.884. The van der Waals surface area contributed by atoms with Gasteiger partial charge in [-0.05, 0) is 30.1 Å². The van der Waals surface area contributed by atoms with Gasteiger partial charge in [0.25, 0.3) is 0 Å². The van der Waals surface area contributed by atoms with Crippen LogP contribution < -0.4 is 0 Å². The van der Waals surface area contributed by atoms with Crippen molar-refractivity contribution in [3.05, 3.63) is 17.5 Å². The van der Waals surface area contributed by atoms with E-state index in [1.165, 1.54) is 11.3 Å². The van der Waals surface area contributed by atoms with Gasteiger partial charge in [-0.15, -0.1) is 0 Å². The van der Waals surface area contributed by atoms with E-state index in [1.54, 1.807) is 11.8 Å². The molecule has 0 bridgehead atoms. The molecule has 1 rings (SSSR count). The first-order valence-electron chi connectivity index (χ1n) is 5.50. The van der Waals surface area contributed by atoms with Gasteiger partial charge in [-0.2, -0.15) is 0 Å². The molecule has 1 aromatic rings. The third-order valence-electron chi connectivity index (χ3n) is 2.71. The van der Waals surface area contributed by atoms with Crippen LogP contribution in [0.1, 0.15) is 57.2 Å². The van der Waals surface area contributed by atoms with Crippen LogP contribution in [0.15, 0.2) is 11.4 Å². The van der Waals surface area contributed by atoms with Crippen molar-refractivity contribution >= 4 is 11.8 Å². The number of aromatic nitrogens is 2. The van der Waals surface area contributed by atoms with Crippen molar-refractivity contribution in [2.24, 2.45) is 0 Å². The number of hydrogen-bond donors (Lipinski definition) is 0. The minimum atomic E-state index is 0.505. The first kappa shape index (κ1) is 12.5. The minimum Gasteiger partial charge on any atom is -0.231 e. The average molecular weight is 224 g/mol. The fourth-order valence-corrected chi connectivity index (χ4v) is 1.87. The van der Waals surface area contributed by atoms with Gasteiger partial charge in [0.2, 0.25) is 0 Å². The zero-order valence-corrected chi connectivity index (χ0v) is 11.1. The number of hydrogen-bond acceptors (Lipinski definition) is 3. The van der Waals surface area contributed by atoms with Crippen molar-refractivity contribution in [1.29, 1.82) is 0 Å². The Hall–Kier alpha value is -0.570. The maximum Gasteiger partial charge on any atom is 0.187 e. The quantitative estimate of drug-likeness (QED) is 0.574. The maximum absolute atomic E-state index is 4.64. The fraction of sp³-hybridized carbons (Fsp3) is 0.667. The predicted molar refractivity (Wildman–Crippen MR) is 66.6 cm³/mol. The van der Waals surface area contributed by atoms with Gasteiger partial charge < -0.3 is 0 Å². The molecule has 0 radical (unpaired) electrons. The molecule has 15 heavy (non-hydrogen) atoms. The lowest BCUT2D eigenvalue weighted by Crippen LogP contribution is -2.06. The monoisotopic (exact) mass is 224 g/mol. The van der Waals surface area contributed by atoms with E-state index < -0.39 is 0 Å². The summed E-state index contributed by atoms with van der Waals surface area (Å²) in [5.74, 6) is 1.03. The van der Waals surface area contributed by atoms with Crippen LogP contribution >= 0.6 is 11.8 Å². The topological polar surface area (TPSA) is 25.8 Å². The molecule has 1 atom stereocenters. The highest BCUT2D eigenvalue weighted by Gasteiger charge is 2.14. The maximum atomic E-state index is 4.64. The molecule has 0 spiro atoms. The molecule has 1 unspecified atom stereocenters. The van der Waals surface area contributed by atoms with Crippen LogP contribution in [-0.4, -0.2) is 16.2 Å². The molecular weight excluding hydrogens is 204 g/mol. The van der Waals surface area contributed by atoms with E-state index in [0.29, 0.717) is 11.8 Å². The van der Waals surface area contributed by atoms with Crippen LogP contribution in [0.25, 0.3) is 0 Å². The Morgan fingerprint density at radius 1 is 1.33 bits per heavy atom. The molecule has 0 amide bonds. The van der Waals surface area contributed by atoms with Crippen LogP contribution in [0.4, 0.5) is 0 Å². The zero-order valence-electron chi connectivity index (χ0n) is 10.2. The Morgan fingerprint density at radius 3 is 2.47 bits per heavy atom. The molecular formula is C12H20N2S. The summed E-state index contributed by atoms with van der Waals surface area (Å²) in [4.78, 5) is 8.98. The Labute approximate surface area is 96.9 Å². The molecule has 0 aliphatic heterocycles. The lowest BCUT2D eigenvalue weighted by atomic mass is 9.94. The molecule has 0 saturated carbocycles. The molecule has 0 aliphatic carbocycles. The van der Waals surface area contributed by atoms with Gasteiger partial charge in [-0.3, -0.25) is 0 Å². The van der Waals surface area contributed by atoms with E-state index in [4.69, 9.17) is 0 Å². The summed E-state index contributed by atoms with van der Waals surface area (Å²) in [6, 6.07) is 0. The van der Waals surface area contributed by atoms with Crippen molar-refractivity contribution < 1.29 is 0 Å². The van der Waals surface area contributed by atoms with E-state index >= 15 is 0 Å². The first-order valence-corrected chi connectivity index (χ1v) is 6.73. The largest absolute Gasteiger partial charge is 0.231 e. The summed E-state index contributed by atoms with van der Waals surface area (Å²) >= 11 is 1.61. The second-order valence-corrected chi connectivity index (χ2v) is 4.93. The smallest absolute Gasteiger partial charge is 0.187 e. The van der Waals surface area contributed by atoms with E-state index in [9.17, 15) is 0 Å². The van der Waals surface area contributed by atoms with E-state index in [1.807, 2.05) is 12.5 Å². The summed E-state index contributed by atoms with van der Waals surface area (Å²) in [6.45, 7) is 8.83. The van der Waals surface area contributed by atoms with Crippen LogP contribution in [0, 0.1) is 0 Å². The van der Waals surface area contributed by atoms with Gasteiger partial charge >= 0.3 is 0 Å². The van der Waals surface area contributed by atoms with Crippen LogP contribution in [-0.2, 0) is 0 Å². The standard InChI is InChI=1S/C12H20N2S/c1-6-9(4)11-10(8(2)3)7-13-12(14-11)15-5/h7-9H,6H2,1-5H3. The molecule has 0 N–H and O–H groups in total. The van der Waals surface area contributed by atoms with Crippen LogP contribution in [0.2, 0.25) is 0 Å². The van der Waals surface area contributed by atoms with Crippen LogP contribution in [0.5, 0.6) is 0 Å². The van der Waals surface area contributed by atoms with E-state index in [2.05, 4.69) is 37.7 Å². The molecule has 2 nitrogen and oxygen atoms in total. The molecule has 1 heterocycles. The second-order valence-electron chi connectivity index (χ2n) is 4.16. The van der Waals surface area contributed by atoms with Crippen molar-refractivity contribution in [3.63, 3.8) is 0 Å². The second kappa shape index (κ2) is 5.50. The summed E-state index contributed by atoms with van der Waals surface area (Å²) in [7, 11) is 0. The Kier molecular flexibility index (Phi) is 4.58. The summed E-state index contributed by atoms with van der Waals surface area (Å²) in [5.41, 5.74) is 2.52. The molecule has 84 valence electrons. The highest BCUT2D eigenvalue weighted by Crippen LogP contribution is 2.27. The van der Waals surface area contributed by atoms with Gasteiger partial charge in [0, 0.05) is 6.20 Å². The Morgan fingerprint density at radius 2 is 2.00 bits per heavy atom. The van der Waals surface area contributed by atoms with E-state index in [-0.39, 0.29) is 0 Å². The van der Waals surface area contributed by atoms with Gasteiger partial charge in [-0.25, -0.2) is 9.97 Å². The minimum absolute atomic E-state index is 0.505. The van der Waals surface area contributed by atoms with Gasteiger partial charge in [0.05, 0.1) is 5.69 Å². The fourth-order valence-electron chi connectivity index (χ4n) is 1.52. The Balaban J connectivity index is 3.16. The van der Waals surface area contributed by atoms with Crippen molar-refractivity contribution in [1.82, 2.24) is 9.97 Å². The number of rotatable bonds is 4. The first-order chi connectivity index (χ1) is 7.10. The van der Waals surface area contributed by atoms with Crippen molar-refractivity contribution in [3.8, 4) is 0 Å². The molecule has 3 heteroatoms. The molecule has 1 aromatic heterocycles. The lowest BCUT2D eigenvalue weighted by molar-refractivity contribution is 0.659. The molecule has 0 saturated heterocycles. The van der Waals surface area contributed by atoms with Crippen molar-refractivity contribution in [2.45, 2.75) is 51.1 Å². The number of thioether (sulfide) groups is 1. The SMILES string of the molecule is CCC(C)c1nc(SC)ncc1C(C)C. The highest BCUT2D eigenvalue weighted by molar-refractivity contribution is 7.98. The molecule has 0 aliphatic rings.